The standard InChI is InChI=1S/C29H31N3O3/c1-4-22(21-11-6-5-7-12-21)29(33)32-18-17-31(19-20(32)2)28-23-13-10-16-26(34-3)27(23)35-25-15-9-8-14-24(25)30-28/h5-16,20,22H,4,17-19H2,1-3H3/t20-,22+/m0/s1. The summed E-state index contributed by atoms with van der Waals surface area (Å²) in [6.45, 7) is 6.23. The first-order chi connectivity index (χ1) is 17.1. The molecule has 1 fully saturated rings. The van der Waals surface area contributed by atoms with E-state index < -0.39 is 0 Å². The fraction of sp³-hybridized carbons (Fsp3) is 0.310. The molecule has 1 saturated heterocycles. The maximum atomic E-state index is 13.6. The minimum Gasteiger partial charge on any atom is -0.493 e. The number of methoxy groups -OCH3 is 1. The van der Waals surface area contributed by atoms with Crippen LogP contribution in [0.5, 0.6) is 17.2 Å². The lowest BCUT2D eigenvalue weighted by Gasteiger charge is -2.42. The highest BCUT2D eigenvalue weighted by Crippen LogP contribution is 2.43. The highest BCUT2D eigenvalue weighted by atomic mass is 16.5. The third kappa shape index (κ3) is 4.36. The van der Waals surface area contributed by atoms with Crippen molar-refractivity contribution in [2.45, 2.75) is 32.2 Å². The van der Waals surface area contributed by atoms with Crippen molar-refractivity contribution in [1.82, 2.24) is 9.80 Å². The molecule has 0 aliphatic carbocycles. The summed E-state index contributed by atoms with van der Waals surface area (Å²) >= 11 is 0. The number of carbonyl (C=O) groups is 1. The minimum atomic E-state index is -0.120. The first-order valence-electron chi connectivity index (χ1n) is 12.2. The molecule has 6 heteroatoms. The van der Waals surface area contributed by atoms with Crippen molar-refractivity contribution in [3.63, 3.8) is 0 Å². The van der Waals surface area contributed by atoms with Crippen molar-refractivity contribution in [1.29, 1.82) is 0 Å². The Bertz CT molecular complexity index is 1240. The van der Waals surface area contributed by atoms with Gasteiger partial charge in [0.25, 0.3) is 0 Å². The molecule has 35 heavy (non-hydrogen) atoms. The van der Waals surface area contributed by atoms with Crippen molar-refractivity contribution in [2.75, 3.05) is 26.7 Å². The molecule has 180 valence electrons. The number of aliphatic imine (C=N–C) groups is 1. The van der Waals surface area contributed by atoms with Crippen LogP contribution in [0.4, 0.5) is 5.69 Å². The van der Waals surface area contributed by atoms with Crippen LogP contribution in [0.3, 0.4) is 0 Å². The van der Waals surface area contributed by atoms with Crippen LogP contribution < -0.4 is 9.47 Å². The van der Waals surface area contributed by atoms with Gasteiger partial charge in [0.2, 0.25) is 5.91 Å². The second-order valence-corrected chi connectivity index (χ2v) is 9.04. The molecule has 6 nitrogen and oxygen atoms in total. The third-order valence-electron chi connectivity index (χ3n) is 6.86. The maximum absolute atomic E-state index is 13.6. The molecule has 2 aliphatic rings. The number of carbonyl (C=O) groups excluding carboxylic acids is 1. The number of nitrogens with zero attached hydrogens (tertiary/aromatic N) is 3. The smallest absolute Gasteiger partial charge is 0.230 e. The minimum absolute atomic E-state index is 0.0465. The van der Waals surface area contributed by atoms with Gasteiger partial charge in [0.05, 0.1) is 18.6 Å². The SMILES string of the molecule is CC[C@@H](C(=O)N1CCN(C2=Nc3ccccc3Oc3c(OC)cccc32)C[C@@H]1C)c1ccccc1. The van der Waals surface area contributed by atoms with Gasteiger partial charge in [-0.05, 0) is 43.2 Å². The summed E-state index contributed by atoms with van der Waals surface area (Å²) in [5.41, 5.74) is 2.75. The number of para-hydroxylation sites is 3. The van der Waals surface area contributed by atoms with Crippen LogP contribution in [0, 0.1) is 0 Å². The Morgan fingerprint density at radius 1 is 1.06 bits per heavy atom. The largest absolute Gasteiger partial charge is 0.493 e. The molecule has 2 heterocycles. The monoisotopic (exact) mass is 469 g/mol. The van der Waals surface area contributed by atoms with Crippen LogP contribution in [0.25, 0.3) is 0 Å². The number of fused-ring (bicyclic) bond motifs is 2. The Labute approximate surface area is 206 Å². The molecule has 5 rings (SSSR count). The van der Waals surface area contributed by atoms with E-state index in [0.717, 1.165) is 29.1 Å². The first-order valence-corrected chi connectivity index (χ1v) is 12.2. The van der Waals surface area contributed by atoms with E-state index in [1.54, 1.807) is 7.11 Å². The van der Waals surface area contributed by atoms with Gasteiger partial charge in [0.1, 0.15) is 11.5 Å². The van der Waals surface area contributed by atoms with Crippen LogP contribution in [-0.4, -0.2) is 54.3 Å². The molecule has 0 bridgehead atoms. The van der Waals surface area contributed by atoms with Gasteiger partial charge in [0.15, 0.2) is 17.2 Å². The van der Waals surface area contributed by atoms with Crippen LogP contribution in [0.1, 0.15) is 37.3 Å². The molecular weight excluding hydrogens is 438 g/mol. The number of amides is 1. The topological polar surface area (TPSA) is 54.4 Å². The highest BCUT2D eigenvalue weighted by Gasteiger charge is 2.34. The quantitative estimate of drug-likeness (QED) is 0.499. The van der Waals surface area contributed by atoms with Gasteiger partial charge < -0.3 is 19.3 Å². The third-order valence-corrected chi connectivity index (χ3v) is 6.86. The Hall–Kier alpha value is -3.80. The van der Waals surface area contributed by atoms with Gasteiger partial charge in [-0.25, -0.2) is 4.99 Å². The second-order valence-electron chi connectivity index (χ2n) is 9.04. The summed E-state index contributed by atoms with van der Waals surface area (Å²) in [7, 11) is 1.65. The number of ether oxygens (including phenoxy) is 2. The zero-order chi connectivity index (χ0) is 24.4. The average Bonchev–Trinajstić information content (AvgIpc) is 3.06. The molecule has 0 aromatic heterocycles. The van der Waals surface area contributed by atoms with Crippen LogP contribution >= 0.6 is 0 Å². The Balaban J connectivity index is 1.44. The molecule has 0 saturated carbocycles. The van der Waals surface area contributed by atoms with E-state index in [2.05, 4.69) is 30.9 Å². The lowest BCUT2D eigenvalue weighted by molar-refractivity contribution is -0.136. The van der Waals surface area contributed by atoms with Gasteiger partial charge in [-0.1, -0.05) is 55.5 Å². The summed E-state index contributed by atoms with van der Waals surface area (Å²) < 4.78 is 11.9. The molecule has 3 aromatic carbocycles. The van der Waals surface area contributed by atoms with Gasteiger partial charge in [-0.15, -0.1) is 0 Å². The Morgan fingerprint density at radius 2 is 1.83 bits per heavy atom. The van der Waals surface area contributed by atoms with E-state index in [0.29, 0.717) is 36.9 Å². The molecule has 0 spiro atoms. The average molecular weight is 470 g/mol. The van der Waals surface area contributed by atoms with Crippen molar-refractivity contribution >= 4 is 17.4 Å². The van der Waals surface area contributed by atoms with E-state index in [4.69, 9.17) is 14.5 Å². The number of piperazine rings is 1. The summed E-state index contributed by atoms with van der Waals surface area (Å²) in [6, 6.07) is 23.8. The number of amidine groups is 1. The van der Waals surface area contributed by atoms with Gasteiger partial charge in [0, 0.05) is 25.7 Å². The number of hydrogen-bond donors (Lipinski definition) is 0. The fourth-order valence-corrected chi connectivity index (χ4v) is 5.03. The number of rotatable bonds is 4. The van der Waals surface area contributed by atoms with Crippen molar-refractivity contribution in [3.8, 4) is 17.2 Å². The Kier molecular flexibility index (Phi) is 6.45. The summed E-state index contributed by atoms with van der Waals surface area (Å²) in [6.07, 6.45) is 0.782. The highest BCUT2D eigenvalue weighted by molar-refractivity contribution is 6.04. The first kappa shape index (κ1) is 23.0. The molecule has 3 aromatic rings. The fourth-order valence-electron chi connectivity index (χ4n) is 5.03. The van der Waals surface area contributed by atoms with E-state index in [1.807, 2.05) is 65.6 Å². The number of hydrogen-bond acceptors (Lipinski definition) is 5. The van der Waals surface area contributed by atoms with E-state index in [9.17, 15) is 4.79 Å². The van der Waals surface area contributed by atoms with E-state index >= 15 is 0 Å². The van der Waals surface area contributed by atoms with Crippen LogP contribution in [0.15, 0.2) is 77.8 Å². The van der Waals surface area contributed by atoms with Crippen LogP contribution in [0.2, 0.25) is 0 Å². The summed E-state index contributed by atoms with van der Waals surface area (Å²) in [5, 5.41) is 0. The zero-order valence-electron chi connectivity index (χ0n) is 20.5. The molecular formula is C29H31N3O3. The number of benzene rings is 3. The normalized spacial score (nSPS) is 17.9. The maximum Gasteiger partial charge on any atom is 0.230 e. The molecule has 1 amide bonds. The van der Waals surface area contributed by atoms with E-state index in [1.165, 1.54) is 0 Å². The van der Waals surface area contributed by atoms with Gasteiger partial charge in [-0.2, -0.15) is 0 Å². The molecule has 2 aliphatic heterocycles. The molecule has 0 radical (unpaired) electrons. The van der Waals surface area contributed by atoms with Crippen LogP contribution in [-0.2, 0) is 4.79 Å². The van der Waals surface area contributed by atoms with Crippen molar-refractivity contribution in [3.05, 3.63) is 83.9 Å². The lowest BCUT2D eigenvalue weighted by Crippen LogP contribution is -2.56. The van der Waals surface area contributed by atoms with Crippen molar-refractivity contribution in [2.24, 2.45) is 4.99 Å². The molecule has 2 atom stereocenters. The molecule has 0 unspecified atom stereocenters. The summed E-state index contributed by atoms with van der Waals surface area (Å²) in [4.78, 5) is 22.9. The predicted molar refractivity (Wildman–Crippen MR) is 138 cm³/mol. The molecule has 0 N–H and O–H groups in total. The van der Waals surface area contributed by atoms with Gasteiger partial charge >= 0.3 is 0 Å². The predicted octanol–water partition coefficient (Wildman–Crippen LogP) is 5.61. The van der Waals surface area contributed by atoms with Gasteiger partial charge in [-0.3, -0.25) is 4.79 Å². The van der Waals surface area contributed by atoms with Crippen molar-refractivity contribution < 1.29 is 14.3 Å². The van der Waals surface area contributed by atoms with E-state index in [-0.39, 0.29) is 17.9 Å². The second kappa shape index (κ2) is 9.82. The Morgan fingerprint density at radius 3 is 2.57 bits per heavy atom. The zero-order valence-corrected chi connectivity index (χ0v) is 20.5. The lowest BCUT2D eigenvalue weighted by atomic mass is 9.94. The summed E-state index contributed by atoms with van der Waals surface area (Å²) in [5.74, 6) is 2.96.